The molecular formula is C11H15ClN2O2. The molecule has 0 aromatic heterocycles. The molecule has 88 valence electrons. The van der Waals surface area contributed by atoms with Crippen LogP contribution >= 0.6 is 11.6 Å². The fraction of sp³-hybridized carbons (Fsp3) is 0.364. The minimum absolute atomic E-state index is 0.222. The van der Waals surface area contributed by atoms with Gasteiger partial charge in [0.25, 0.3) is 0 Å². The lowest BCUT2D eigenvalue weighted by Gasteiger charge is -2.21. The summed E-state index contributed by atoms with van der Waals surface area (Å²) in [7, 11) is 4.80. The average Bonchev–Trinajstić information content (AvgIpc) is 2.26. The molecule has 1 rings (SSSR count). The number of anilines is 1. The molecule has 4 nitrogen and oxygen atoms in total. The van der Waals surface area contributed by atoms with Crippen LogP contribution in [0.2, 0.25) is 5.02 Å². The maximum atomic E-state index is 11.5. The normalized spacial score (nSPS) is 9.81. The molecule has 2 amide bonds. The van der Waals surface area contributed by atoms with Crippen molar-refractivity contribution in [3.05, 3.63) is 22.7 Å². The molecule has 0 radical (unpaired) electrons. The number of nitrogens with zero attached hydrogens (tertiary/aromatic N) is 1. The molecule has 1 N–H and O–H groups in total. The zero-order valence-electron chi connectivity index (χ0n) is 9.80. The van der Waals surface area contributed by atoms with Crippen molar-refractivity contribution in [2.24, 2.45) is 0 Å². The number of ether oxygens (including phenoxy) is 1. The number of methoxy groups -OCH3 is 1. The number of hydrogen-bond acceptors (Lipinski definition) is 2. The quantitative estimate of drug-likeness (QED) is 0.866. The predicted octanol–water partition coefficient (Wildman–Crippen LogP) is 2.43. The molecular weight excluding hydrogens is 228 g/mol. The van der Waals surface area contributed by atoms with Gasteiger partial charge in [-0.15, -0.1) is 0 Å². The molecule has 1 aromatic carbocycles. The third kappa shape index (κ3) is 2.39. The van der Waals surface area contributed by atoms with Gasteiger partial charge in [-0.05, 0) is 24.6 Å². The highest BCUT2D eigenvalue weighted by Crippen LogP contribution is 2.34. The van der Waals surface area contributed by atoms with Crippen LogP contribution in [0.1, 0.15) is 5.56 Å². The third-order valence-corrected chi connectivity index (χ3v) is 2.52. The van der Waals surface area contributed by atoms with Gasteiger partial charge in [0.1, 0.15) is 5.75 Å². The summed E-state index contributed by atoms with van der Waals surface area (Å²) in [6.07, 6.45) is 0. The van der Waals surface area contributed by atoms with Crippen molar-refractivity contribution < 1.29 is 9.53 Å². The molecule has 0 spiro atoms. The van der Waals surface area contributed by atoms with Crippen LogP contribution in [0.15, 0.2) is 12.1 Å². The van der Waals surface area contributed by atoms with Crippen molar-refractivity contribution in [2.45, 2.75) is 6.92 Å². The second-order valence-electron chi connectivity index (χ2n) is 3.39. The fourth-order valence-corrected chi connectivity index (χ4v) is 1.77. The van der Waals surface area contributed by atoms with Crippen LogP contribution in [0.3, 0.4) is 0 Å². The molecule has 5 heteroatoms. The first-order chi connectivity index (χ1) is 7.51. The number of carbonyl (C=O) groups excluding carboxylic acids is 1. The summed E-state index contributed by atoms with van der Waals surface area (Å²) >= 11 is 5.96. The van der Waals surface area contributed by atoms with Crippen LogP contribution in [0.4, 0.5) is 10.5 Å². The molecule has 16 heavy (non-hydrogen) atoms. The summed E-state index contributed by atoms with van der Waals surface area (Å²) in [5.74, 6) is 0.649. The number of hydrogen-bond donors (Lipinski definition) is 1. The average molecular weight is 243 g/mol. The van der Waals surface area contributed by atoms with Gasteiger partial charge in [0, 0.05) is 19.1 Å². The zero-order valence-corrected chi connectivity index (χ0v) is 10.6. The Labute approximate surface area is 100 Å². The van der Waals surface area contributed by atoms with Gasteiger partial charge < -0.3 is 10.1 Å². The summed E-state index contributed by atoms with van der Waals surface area (Å²) in [5.41, 5.74) is 1.53. The van der Waals surface area contributed by atoms with E-state index in [0.717, 1.165) is 5.56 Å². The van der Waals surface area contributed by atoms with E-state index in [1.54, 1.807) is 33.3 Å². The highest BCUT2D eigenvalue weighted by atomic mass is 35.5. The molecule has 0 bridgehead atoms. The Morgan fingerprint density at radius 1 is 1.50 bits per heavy atom. The Morgan fingerprint density at radius 2 is 2.12 bits per heavy atom. The maximum absolute atomic E-state index is 11.5. The molecule has 0 aliphatic heterocycles. The Balaban J connectivity index is 3.25. The number of amides is 2. The summed E-state index contributed by atoms with van der Waals surface area (Å²) in [4.78, 5) is 13.0. The van der Waals surface area contributed by atoms with Crippen molar-refractivity contribution in [1.29, 1.82) is 0 Å². The lowest BCUT2D eigenvalue weighted by molar-refractivity contribution is 0.249. The summed E-state index contributed by atoms with van der Waals surface area (Å²) in [6.45, 7) is 1.88. The van der Waals surface area contributed by atoms with Gasteiger partial charge in [0.05, 0.1) is 12.8 Å². The smallest absolute Gasteiger partial charge is 0.321 e. The Bertz CT molecular complexity index is 407. The number of halogens is 1. The van der Waals surface area contributed by atoms with Crippen molar-refractivity contribution >= 4 is 23.3 Å². The van der Waals surface area contributed by atoms with Gasteiger partial charge in [-0.25, -0.2) is 4.79 Å². The van der Waals surface area contributed by atoms with Gasteiger partial charge in [0.15, 0.2) is 0 Å². The van der Waals surface area contributed by atoms with E-state index in [4.69, 9.17) is 16.3 Å². The van der Waals surface area contributed by atoms with E-state index in [1.807, 2.05) is 6.92 Å². The van der Waals surface area contributed by atoms with Crippen LogP contribution in [0.25, 0.3) is 0 Å². The van der Waals surface area contributed by atoms with E-state index in [9.17, 15) is 4.79 Å². The third-order valence-electron chi connectivity index (χ3n) is 2.30. The van der Waals surface area contributed by atoms with Gasteiger partial charge in [-0.1, -0.05) is 11.6 Å². The van der Waals surface area contributed by atoms with Crippen LogP contribution in [-0.2, 0) is 0 Å². The first-order valence-corrected chi connectivity index (χ1v) is 5.18. The highest BCUT2D eigenvalue weighted by Gasteiger charge is 2.16. The molecule has 0 atom stereocenters. The topological polar surface area (TPSA) is 41.6 Å². The second-order valence-corrected chi connectivity index (χ2v) is 3.83. The minimum atomic E-state index is -0.222. The molecule has 0 saturated carbocycles. The molecule has 0 heterocycles. The van der Waals surface area contributed by atoms with Crippen molar-refractivity contribution in [2.75, 3.05) is 26.1 Å². The van der Waals surface area contributed by atoms with E-state index < -0.39 is 0 Å². The lowest BCUT2D eigenvalue weighted by Crippen LogP contribution is -2.35. The van der Waals surface area contributed by atoms with Crippen LogP contribution in [0.5, 0.6) is 5.75 Å². The van der Waals surface area contributed by atoms with Gasteiger partial charge in [-0.2, -0.15) is 0 Å². The van der Waals surface area contributed by atoms with E-state index >= 15 is 0 Å². The van der Waals surface area contributed by atoms with Gasteiger partial charge in [0.2, 0.25) is 0 Å². The highest BCUT2D eigenvalue weighted by molar-refractivity contribution is 6.31. The maximum Gasteiger partial charge on any atom is 0.321 e. The number of aryl methyl sites for hydroxylation is 1. The van der Waals surface area contributed by atoms with E-state index in [0.29, 0.717) is 16.5 Å². The van der Waals surface area contributed by atoms with Gasteiger partial charge in [-0.3, -0.25) is 4.90 Å². The molecule has 0 unspecified atom stereocenters. The standard InChI is InChI=1S/C11H15ClN2O2/c1-7-5-8(12)6-9(10(7)16-4)14(3)11(15)13-2/h5-6H,1-4H3,(H,13,15). The molecule has 1 aromatic rings. The molecule has 0 saturated heterocycles. The Hall–Kier alpha value is -1.42. The number of carbonyl (C=O) groups is 1. The zero-order chi connectivity index (χ0) is 12.3. The molecule has 0 fully saturated rings. The van der Waals surface area contributed by atoms with Crippen LogP contribution < -0.4 is 15.0 Å². The monoisotopic (exact) mass is 242 g/mol. The first kappa shape index (κ1) is 12.6. The minimum Gasteiger partial charge on any atom is -0.494 e. The number of nitrogens with one attached hydrogen (secondary N) is 1. The van der Waals surface area contributed by atoms with E-state index in [1.165, 1.54) is 4.90 Å². The lowest BCUT2D eigenvalue weighted by atomic mass is 10.2. The summed E-state index contributed by atoms with van der Waals surface area (Å²) in [6, 6.07) is 3.27. The number of urea groups is 1. The molecule has 0 aliphatic carbocycles. The molecule has 0 aliphatic rings. The fourth-order valence-electron chi connectivity index (χ4n) is 1.50. The SMILES string of the molecule is CNC(=O)N(C)c1cc(Cl)cc(C)c1OC. The number of rotatable bonds is 2. The number of benzene rings is 1. The van der Waals surface area contributed by atoms with E-state index in [-0.39, 0.29) is 6.03 Å². The largest absolute Gasteiger partial charge is 0.494 e. The predicted molar refractivity (Wildman–Crippen MR) is 65.6 cm³/mol. The van der Waals surface area contributed by atoms with Crippen LogP contribution in [0, 0.1) is 6.92 Å². The Kier molecular flexibility index (Phi) is 4.01. The van der Waals surface area contributed by atoms with Crippen molar-refractivity contribution in [3.63, 3.8) is 0 Å². The van der Waals surface area contributed by atoms with Crippen molar-refractivity contribution in [3.8, 4) is 5.75 Å². The first-order valence-electron chi connectivity index (χ1n) is 4.80. The van der Waals surface area contributed by atoms with E-state index in [2.05, 4.69) is 5.32 Å². The van der Waals surface area contributed by atoms with Crippen LogP contribution in [-0.4, -0.2) is 27.2 Å². The second kappa shape index (κ2) is 5.07. The van der Waals surface area contributed by atoms with Crippen molar-refractivity contribution in [1.82, 2.24) is 5.32 Å². The van der Waals surface area contributed by atoms with Gasteiger partial charge >= 0.3 is 6.03 Å². The summed E-state index contributed by atoms with van der Waals surface area (Å²) in [5, 5.41) is 3.12. The summed E-state index contributed by atoms with van der Waals surface area (Å²) < 4.78 is 5.27. The Morgan fingerprint density at radius 3 is 2.62 bits per heavy atom.